The summed E-state index contributed by atoms with van der Waals surface area (Å²) < 4.78 is 24.3. The molecular weight excluding hydrogens is 351 g/mol. The van der Waals surface area contributed by atoms with Gasteiger partial charge in [0.05, 0.1) is 11.3 Å². The highest BCUT2D eigenvalue weighted by Crippen LogP contribution is 2.28. The predicted octanol–water partition coefficient (Wildman–Crippen LogP) is 3.94. The lowest BCUT2D eigenvalue weighted by atomic mass is 10.1. The third-order valence-electron chi connectivity index (χ3n) is 4.06. The fourth-order valence-corrected chi connectivity index (χ4v) is 2.60. The van der Waals surface area contributed by atoms with Crippen LogP contribution in [0.4, 0.5) is 10.1 Å². The number of anilines is 1. The molecule has 7 heteroatoms. The molecule has 0 saturated carbocycles. The van der Waals surface area contributed by atoms with Gasteiger partial charge < -0.3 is 14.5 Å². The van der Waals surface area contributed by atoms with E-state index in [0.29, 0.717) is 16.6 Å². The second kappa shape index (κ2) is 7.30. The number of para-hydroxylation sites is 2. The van der Waals surface area contributed by atoms with Crippen molar-refractivity contribution in [2.75, 3.05) is 5.32 Å². The summed E-state index contributed by atoms with van der Waals surface area (Å²) in [5, 5.41) is 12.1. The van der Waals surface area contributed by atoms with Crippen molar-refractivity contribution < 1.29 is 23.1 Å². The van der Waals surface area contributed by atoms with Crippen molar-refractivity contribution in [3.8, 4) is 6.07 Å². The van der Waals surface area contributed by atoms with Gasteiger partial charge in [0.2, 0.25) is 5.76 Å². The summed E-state index contributed by atoms with van der Waals surface area (Å²) in [6.07, 6.45) is -1.15. The van der Waals surface area contributed by atoms with E-state index >= 15 is 0 Å². The minimum absolute atomic E-state index is 0.0398. The minimum Gasteiger partial charge on any atom is -0.447 e. The van der Waals surface area contributed by atoms with Crippen molar-refractivity contribution in [3.63, 3.8) is 0 Å². The summed E-state index contributed by atoms with van der Waals surface area (Å²) in [6.45, 7) is 3.00. The van der Waals surface area contributed by atoms with Crippen LogP contribution in [-0.2, 0) is 9.53 Å². The van der Waals surface area contributed by atoms with Gasteiger partial charge in [-0.2, -0.15) is 5.26 Å². The number of ether oxygens (including phenoxy) is 1. The van der Waals surface area contributed by atoms with Crippen LogP contribution < -0.4 is 5.32 Å². The van der Waals surface area contributed by atoms with Crippen molar-refractivity contribution in [3.05, 3.63) is 65.2 Å². The van der Waals surface area contributed by atoms with E-state index in [1.165, 1.54) is 19.1 Å². The Bertz CT molecular complexity index is 1080. The van der Waals surface area contributed by atoms with Crippen LogP contribution in [0.3, 0.4) is 0 Å². The molecule has 27 heavy (non-hydrogen) atoms. The Balaban J connectivity index is 1.76. The van der Waals surface area contributed by atoms with Crippen LogP contribution in [0.1, 0.15) is 28.6 Å². The van der Waals surface area contributed by atoms with Crippen LogP contribution in [-0.4, -0.2) is 18.0 Å². The van der Waals surface area contributed by atoms with Crippen LogP contribution in [0, 0.1) is 24.1 Å². The molecule has 0 fully saturated rings. The number of esters is 1. The Hall–Kier alpha value is -3.66. The SMILES string of the molecule is Cc1c(C(=O)OC(C)C(=O)Nc2ccccc2C#N)oc2c(F)cccc12. The third kappa shape index (κ3) is 3.51. The van der Waals surface area contributed by atoms with Gasteiger partial charge in [0.25, 0.3) is 5.91 Å². The van der Waals surface area contributed by atoms with Gasteiger partial charge in [0, 0.05) is 10.9 Å². The molecule has 0 aliphatic carbocycles. The standard InChI is InChI=1S/C20H15FN2O4/c1-11-14-7-5-8-15(21)18(14)27-17(11)20(25)26-12(2)19(24)23-16-9-4-3-6-13(16)10-22/h3-9,12H,1-2H3,(H,23,24). The summed E-state index contributed by atoms with van der Waals surface area (Å²) in [5.74, 6) is -2.23. The van der Waals surface area contributed by atoms with Crippen LogP contribution in [0.5, 0.6) is 0 Å². The van der Waals surface area contributed by atoms with Gasteiger partial charge >= 0.3 is 5.97 Å². The van der Waals surface area contributed by atoms with Gasteiger partial charge in [-0.25, -0.2) is 9.18 Å². The molecule has 1 unspecified atom stereocenters. The highest BCUT2D eigenvalue weighted by molar-refractivity contribution is 5.99. The largest absolute Gasteiger partial charge is 0.447 e. The molecule has 6 nitrogen and oxygen atoms in total. The number of hydrogen-bond donors (Lipinski definition) is 1. The van der Waals surface area contributed by atoms with Crippen LogP contribution in [0.25, 0.3) is 11.0 Å². The van der Waals surface area contributed by atoms with Crippen molar-refractivity contribution in [1.29, 1.82) is 5.26 Å². The molecule has 0 spiro atoms. The fraction of sp³-hybridized carbons (Fsp3) is 0.150. The first-order chi connectivity index (χ1) is 12.9. The number of furan rings is 1. The Morgan fingerprint density at radius 2 is 1.96 bits per heavy atom. The van der Waals surface area contributed by atoms with Gasteiger partial charge in [-0.1, -0.05) is 24.3 Å². The van der Waals surface area contributed by atoms with Crippen molar-refractivity contribution in [2.45, 2.75) is 20.0 Å². The van der Waals surface area contributed by atoms with Crippen molar-refractivity contribution >= 4 is 28.5 Å². The van der Waals surface area contributed by atoms with E-state index in [4.69, 9.17) is 14.4 Å². The number of nitrogens with one attached hydrogen (secondary N) is 1. The average Bonchev–Trinajstić information content (AvgIpc) is 3.00. The van der Waals surface area contributed by atoms with E-state index in [-0.39, 0.29) is 16.9 Å². The van der Waals surface area contributed by atoms with Gasteiger partial charge in [-0.15, -0.1) is 0 Å². The third-order valence-corrected chi connectivity index (χ3v) is 4.06. The molecule has 136 valence electrons. The molecule has 0 aliphatic heterocycles. The molecule has 2 aromatic carbocycles. The summed E-state index contributed by atoms with van der Waals surface area (Å²) in [5.41, 5.74) is 0.988. The van der Waals surface area contributed by atoms with E-state index in [0.717, 1.165) is 0 Å². The molecule has 1 atom stereocenters. The second-order valence-corrected chi connectivity index (χ2v) is 5.87. The maximum atomic E-state index is 13.8. The minimum atomic E-state index is -1.15. The molecular formula is C20H15FN2O4. The zero-order valence-corrected chi connectivity index (χ0v) is 14.6. The molecule has 1 amide bonds. The highest BCUT2D eigenvalue weighted by atomic mass is 19.1. The summed E-state index contributed by atoms with van der Waals surface area (Å²) >= 11 is 0. The van der Waals surface area contributed by atoms with Crippen LogP contribution >= 0.6 is 0 Å². The first-order valence-corrected chi connectivity index (χ1v) is 8.11. The number of carbonyl (C=O) groups excluding carboxylic acids is 2. The molecule has 3 aromatic rings. The number of hydrogen-bond acceptors (Lipinski definition) is 5. The number of carbonyl (C=O) groups is 2. The normalized spacial score (nSPS) is 11.6. The first kappa shape index (κ1) is 18.1. The lowest BCUT2D eigenvalue weighted by Gasteiger charge is -2.13. The van der Waals surface area contributed by atoms with E-state index in [9.17, 15) is 14.0 Å². The van der Waals surface area contributed by atoms with E-state index in [1.54, 1.807) is 37.3 Å². The summed E-state index contributed by atoms with van der Waals surface area (Å²) in [6, 6.07) is 12.8. The van der Waals surface area contributed by atoms with Crippen molar-refractivity contribution in [1.82, 2.24) is 0 Å². The van der Waals surface area contributed by atoms with Gasteiger partial charge in [-0.3, -0.25) is 4.79 Å². The van der Waals surface area contributed by atoms with Gasteiger partial charge in [0.15, 0.2) is 17.5 Å². The molecule has 1 aromatic heterocycles. The smallest absolute Gasteiger partial charge is 0.375 e. The second-order valence-electron chi connectivity index (χ2n) is 5.87. The Morgan fingerprint density at radius 1 is 1.22 bits per heavy atom. The van der Waals surface area contributed by atoms with E-state index in [2.05, 4.69) is 5.32 Å². The number of benzene rings is 2. The number of aryl methyl sites for hydroxylation is 1. The maximum absolute atomic E-state index is 13.8. The molecule has 3 rings (SSSR count). The molecule has 0 saturated heterocycles. The van der Waals surface area contributed by atoms with Gasteiger partial charge in [-0.05, 0) is 32.0 Å². The van der Waals surface area contributed by atoms with Crippen LogP contribution in [0.2, 0.25) is 0 Å². The Labute approximate surface area is 154 Å². The zero-order valence-electron chi connectivity index (χ0n) is 14.6. The quantitative estimate of drug-likeness (QED) is 0.706. The number of rotatable bonds is 4. The number of amides is 1. The monoisotopic (exact) mass is 366 g/mol. The number of nitrogens with zero attached hydrogens (tertiary/aromatic N) is 1. The summed E-state index contributed by atoms with van der Waals surface area (Å²) in [7, 11) is 0. The predicted molar refractivity (Wildman–Crippen MR) is 95.6 cm³/mol. The number of halogens is 1. The lowest BCUT2D eigenvalue weighted by Crippen LogP contribution is -2.30. The molecule has 0 aliphatic rings. The first-order valence-electron chi connectivity index (χ1n) is 8.11. The number of fused-ring (bicyclic) bond motifs is 1. The molecule has 1 N–H and O–H groups in total. The van der Waals surface area contributed by atoms with E-state index < -0.39 is 23.8 Å². The number of nitriles is 1. The lowest BCUT2D eigenvalue weighted by molar-refractivity contribution is -0.123. The molecule has 0 bridgehead atoms. The van der Waals surface area contributed by atoms with Crippen LogP contribution in [0.15, 0.2) is 46.9 Å². The van der Waals surface area contributed by atoms with Gasteiger partial charge in [0.1, 0.15) is 6.07 Å². The average molecular weight is 366 g/mol. The molecule has 0 radical (unpaired) electrons. The van der Waals surface area contributed by atoms with E-state index in [1.807, 2.05) is 6.07 Å². The molecule has 1 heterocycles. The van der Waals surface area contributed by atoms with Crippen molar-refractivity contribution in [2.24, 2.45) is 0 Å². The summed E-state index contributed by atoms with van der Waals surface area (Å²) in [4.78, 5) is 24.6. The maximum Gasteiger partial charge on any atom is 0.375 e. The topological polar surface area (TPSA) is 92.3 Å². The fourth-order valence-electron chi connectivity index (χ4n) is 2.60. The Kier molecular flexibility index (Phi) is 4.90. The zero-order chi connectivity index (χ0) is 19.6. The Morgan fingerprint density at radius 3 is 2.67 bits per heavy atom. The highest BCUT2D eigenvalue weighted by Gasteiger charge is 2.25.